The van der Waals surface area contributed by atoms with E-state index < -0.39 is 0 Å². The van der Waals surface area contributed by atoms with Gasteiger partial charge in [-0.3, -0.25) is 9.59 Å². The first kappa shape index (κ1) is 20.3. The molecule has 0 atom stereocenters. The molecule has 5 rings (SSSR count). The molecule has 2 aromatic heterocycles. The molecule has 1 N–H and O–H groups in total. The third-order valence-corrected chi connectivity index (χ3v) is 6.33. The Hall–Kier alpha value is -3.61. The Kier molecular flexibility index (Phi) is 5.17. The Morgan fingerprint density at radius 1 is 1.06 bits per heavy atom. The van der Waals surface area contributed by atoms with Gasteiger partial charge in [0.25, 0.3) is 11.8 Å². The highest BCUT2D eigenvalue weighted by atomic mass is 16.4. The summed E-state index contributed by atoms with van der Waals surface area (Å²) in [6, 6.07) is 9.86. The van der Waals surface area contributed by atoms with Crippen LogP contribution in [0.15, 0.2) is 50.5 Å². The van der Waals surface area contributed by atoms with E-state index in [-0.39, 0.29) is 11.8 Å². The summed E-state index contributed by atoms with van der Waals surface area (Å²) in [6.07, 6.45) is 4.63. The van der Waals surface area contributed by atoms with Gasteiger partial charge in [-0.15, -0.1) is 0 Å². The van der Waals surface area contributed by atoms with Crippen molar-refractivity contribution in [2.24, 2.45) is 5.10 Å². The maximum Gasteiger partial charge on any atom is 0.290 e. The van der Waals surface area contributed by atoms with Crippen LogP contribution in [0.25, 0.3) is 0 Å². The zero-order valence-corrected chi connectivity index (χ0v) is 18.2. The van der Waals surface area contributed by atoms with Gasteiger partial charge in [-0.25, -0.2) is 5.43 Å². The molecular weight excluding hydrogens is 406 g/mol. The van der Waals surface area contributed by atoms with Crippen molar-refractivity contribution < 1.29 is 18.4 Å². The Balaban J connectivity index is 1.39. The zero-order chi connectivity index (χ0) is 22.2. The molecular formula is C25H25N3O4. The number of hydrazone groups is 1. The van der Waals surface area contributed by atoms with E-state index in [1.54, 1.807) is 13.0 Å². The Morgan fingerprint density at radius 2 is 1.88 bits per heavy atom. The van der Waals surface area contributed by atoms with Crippen molar-refractivity contribution in [3.05, 3.63) is 81.7 Å². The number of benzene rings is 1. The highest BCUT2D eigenvalue weighted by Gasteiger charge is 2.31. The molecule has 0 bridgehead atoms. The van der Waals surface area contributed by atoms with E-state index in [0.29, 0.717) is 36.6 Å². The summed E-state index contributed by atoms with van der Waals surface area (Å²) in [7, 11) is 0. The number of hydrogen-bond donors (Lipinski definition) is 1. The molecule has 7 nitrogen and oxygen atoms in total. The number of amides is 2. The minimum atomic E-state index is -0.319. The van der Waals surface area contributed by atoms with Crippen LogP contribution in [0.2, 0.25) is 0 Å². The molecule has 1 aliphatic carbocycles. The summed E-state index contributed by atoms with van der Waals surface area (Å²) >= 11 is 0. The van der Waals surface area contributed by atoms with Crippen LogP contribution in [-0.4, -0.2) is 29.0 Å². The monoisotopic (exact) mass is 431 g/mol. The summed E-state index contributed by atoms with van der Waals surface area (Å²) in [6.45, 7) is 4.89. The van der Waals surface area contributed by atoms with E-state index in [4.69, 9.17) is 8.83 Å². The second kappa shape index (κ2) is 8.15. The molecule has 1 aliphatic heterocycles. The van der Waals surface area contributed by atoms with E-state index in [1.165, 1.54) is 17.4 Å². The Morgan fingerprint density at radius 3 is 2.66 bits per heavy atom. The third kappa shape index (κ3) is 3.53. The van der Waals surface area contributed by atoms with Crippen molar-refractivity contribution in [3.63, 3.8) is 0 Å². The third-order valence-electron chi connectivity index (χ3n) is 6.33. The summed E-state index contributed by atoms with van der Waals surface area (Å²) in [5.41, 5.74) is 7.94. The summed E-state index contributed by atoms with van der Waals surface area (Å²) < 4.78 is 11.3. The number of carbonyl (C=O) groups is 2. The maximum absolute atomic E-state index is 13.3. The highest BCUT2D eigenvalue weighted by molar-refractivity contribution is 6.07. The Bertz CT molecular complexity index is 1230. The maximum atomic E-state index is 13.3. The zero-order valence-electron chi connectivity index (χ0n) is 18.2. The fourth-order valence-electron chi connectivity index (χ4n) is 4.60. The number of hydrogen-bond acceptors (Lipinski definition) is 5. The van der Waals surface area contributed by atoms with Gasteiger partial charge in [0.1, 0.15) is 11.5 Å². The lowest BCUT2D eigenvalue weighted by molar-refractivity contribution is 0.0699. The van der Waals surface area contributed by atoms with Crippen molar-refractivity contribution in [1.29, 1.82) is 0 Å². The topological polar surface area (TPSA) is 88.0 Å². The van der Waals surface area contributed by atoms with Gasteiger partial charge >= 0.3 is 0 Å². The number of nitrogens with one attached hydrogen (secondary N) is 1. The molecule has 3 heterocycles. The van der Waals surface area contributed by atoms with Gasteiger partial charge in [0.2, 0.25) is 0 Å². The first-order valence-corrected chi connectivity index (χ1v) is 10.9. The first-order chi connectivity index (χ1) is 15.5. The van der Waals surface area contributed by atoms with Crippen LogP contribution in [0.5, 0.6) is 0 Å². The largest absolute Gasteiger partial charge is 0.469 e. The number of nitrogens with zero attached hydrogens (tertiary/aromatic N) is 2. The van der Waals surface area contributed by atoms with E-state index in [0.717, 1.165) is 41.9 Å². The normalized spacial score (nSPS) is 16.6. The van der Waals surface area contributed by atoms with Gasteiger partial charge in [0.05, 0.1) is 17.5 Å². The molecule has 2 aliphatic rings. The van der Waals surface area contributed by atoms with Crippen LogP contribution in [-0.2, 0) is 19.4 Å². The average molecular weight is 431 g/mol. The van der Waals surface area contributed by atoms with Crippen molar-refractivity contribution >= 4 is 17.5 Å². The molecule has 0 fully saturated rings. The molecule has 3 aromatic rings. The summed E-state index contributed by atoms with van der Waals surface area (Å²) in [5, 5.41) is 4.39. The van der Waals surface area contributed by atoms with Gasteiger partial charge in [-0.1, -0.05) is 24.3 Å². The fraction of sp³-hybridized carbons (Fsp3) is 0.320. The molecule has 7 heteroatoms. The number of aryl methyl sites for hydroxylation is 2. The molecule has 0 spiro atoms. The molecule has 2 amide bonds. The van der Waals surface area contributed by atoms with E-state index in [9.17, 15) is 9.59 Å². The van der Waals surface area contributed by atoms with E-state index in [1.807, 2.05) is 24.0 Å². The molecule has 32 heavy (non-hydrogen) atoms. The molecule has 164 valence electrons. The smallest absolute Gasteiger partial charge is 0.290 e. The number of furan rings is 2. The minimum absolute atomic E-state index is 0.0937. The predicted molar refractivity (Wildman–Crippen MR) is 119 cm³/mol. The first-order valence-electron chi connectivity index (χ1n) is 10.9. The van der Waals surface area contributed by atoms with Crippen LogP contribution >= 0.6 is 0 Å². The lowest BCUT2D eigenvalue weighted by Gasteiger charge is -2.28. The second-order valence-corrected chi connectivity index (χ2v) is 8.34. The van der Waals surface area contributed by atoms with Crippen LogP contribution < -0.4 is 5.43 Å². The van der Waals surface area contributed by atoms with Crippen LogP contribution in [0.3, 0.4) is 0 Å². The van der Waals surface area contributed by atoms with Crippen LogP contribution in [0.1, 0.15) is 67.5 Å². The SMILES string of the molecule is Cc1occc1C(=O)N/N=C1\CCCc2oc(C(=O)N3CCc4ccccc4C3)c(C)c21. The second-order valence-electron chi connectivity index (χ2n) is 8.34. The standard InChI is InChI=1S/C25H25N3O4/c1-15-22-20(26-27-24(29)19-11-13-31-16(19)2)8-5-9-21(22)32-23(15)25(30)28-12-10-17-6-3-4-7-18(17)14-28/h3-4,6-7,11,13H,5,8-10,12,14H2,1-2H3,(H,27,29)/b26-20+. The lowest BCUT2D eigenvalue weighted by atomic mass is 9.93. The van der Waals surface area contributed by atoms with Crippen molar-refractivity contribution in [2.45, 2.75) is 46.1 Å². The van der Waals surface area contributed by atoms with Gasteiger partial charge in [-0.05, 0) is 50.3 Å². The van der Waals surface area contributed by atoms with Crippen LogP contribution in [0, 0.1) is 13.8 Å². The quantitative estimate of drug-likeness (QED) is 0.631. The van der Waals surface area contributed by atoms with Gasteiger partial charge in [0.15, 0.2) is 5.76 Å². The summed E-state index contributed by atoms with van der Waals surface area (Å²) in [4.78, 5) is 27.6. The van der Waals surface area contributed by atoms with E-state index >= 15 is 0 Å². The molecule has 0 saturated carbocycles. The molecule has 0 unspecified atom stereocenters. The molecule has 1 aromatic carbocycles. The number of carbonyl (C=O) groups excluding carboxylic acids is 2. The fourth-order valence-corrected chi connectivity index (χ4v) is 4.60. The van der Waals surface area contributed by atoms with Crippen molar-refractivity contribution in [3.8, 4) is 0 Å². The van der Waals surface area contributed by atoms with Gasteiger partial charge in [-0.2, -0.15) is 5.10 Å². The number of rotatable bonds is 3. The average Bonchev–Trinajstić information content (AvgIpc) is 3.40. The lowest BCUT2D eigenvalue weighted by Crippen LogP contribution is -2.36. The van der Waals surface area contributed by atoms with Gasteiger partial charge in [0, 0.05) is 30.6 Å². The van der Waals surface area contributed by atoms with Gasteiger partial charge < -0.3 is 13.7 Å². The van der Waals surface area contributed by atoms with Crippen molar-refractivity contribution in [2.75, 3.05) is 6.54 Å². The van der Waals surface area contributed by atoms with Crippen molar-refractivity contribution in [1.82, 2.24) is 10.3 Å². The number of fused-ring (bicyclic) bond motifs is 2. The minimum Gasteiger partial charge on any atom is -0.469 e. The van der Waals surface area contributed by atoms with Crippen LogP contribution in [0.4, 0.5) is 0 Å². The Labute approximate surface area is 186 Å². The highest BCUT2D eigenvalue weighted by Crippen LogP contribution is 2.31. The van der Waals surface area contributed by atoms with E-state index in [2.05, 4.69) is 22.7 Å². The molecule has 0 radical (unpaired) electrons. The molecule has 0 saturated heterocycles. The predicted octanol–water partition coefficient (Wildman–Crippen LogP) is 4.16. The summed E-state index contributed by atoms with van der Waals surface area (Å²) in [5.74, 6) is 1.27.